The van der Waals surface area contributed by atoms with E-state index in [1.165, 1.54) is 12.1 Å². The Labute approximate surface area is 168 Å². The number of hydrogen-bond donors (Lipinski definition) is 2. The molecule has 0 aliphatic rings. The van der Waals surface area contributed by atoms with Crippen molar-refractivity contribution in [1.29, 1.82) is 0 Å². The normalized spacial score (nSPS) is 11.0. The molecular formula is C22H22FN5O. The Morgan fingerprint density at radius 3 is 2.45 bits per heavy atom. The number of imidazole rings is 1. The van der Waals surface area contributed by atoms with Crippen LogP contribution in [0.5, 0.6) is 0 Å². The van der Waals surface area contributed by atoms with Gasteiger partial charge in [0.1, 0.15) is 11.6 Å². The molecule has 0 saturated heterocycles. The maximum Gasteiger partial charge on any atom is 0.156 e. The lowest BCUT2D eigenvalue weighted by Crippen LogP contribution is -2.18. The van der Waals surface area contributed by atoms with E-state index in [1.54, 1.807) is 22.8 Å². The van der Waals surface area contributed by atoms with Crippen molar-refractivity contribution in [3.05, 3.63) is 83.8 Å². The highest BCUT2D eigenvalue weighted by Crippen LogP contribution is 2.20. The Kier molecular flexibility index (Phi) is 5.39. The molecular weight excluding hydrogens is 369 g/mol. The number of rotatable bonds is 7. The van der Waals surface area contributed by atoms with Crippen LogP contribution in [0.3, 0.4) is 0 Å². The first kappa shape index (κ1) is 18.9. The summed E-state index contributed by atoms with van der Waals surface area (Å²) in [5, 5.41) is 17.1. The summed E-state index contributed by atoms with van der Waals surface area (Å²) in [6.45, 7) is 0.751. The number of fused-ring (bicyclic) bond motifs is 1. The molecule has 2 heterocycles. The monoisotopic (exact) mass is 391 g/mol. The van der Waals surface area contributed by atoms with E-state index in [2.05, 4.69) is 10.3 Å². The molecule has 2 aromatic heterocycles. The van der Waals surface area contributed by atoms with Gasteiger partial charge in [-0.1, -0.05) is 24.3 Å². The third-order valence-corrected chi connectivity index (χ3v) is 4.70. The predicted molar refractivity (Wildman–Crippen MR) is 112 cm³/mol. The Bertz CT molecular complexity index is 1090. The first-order valence-electron chi connectivity index (χ1n) is 9.39. The maximum absolute atomic E-state index is 13.1. The van der Waals surface area contributed by atoms with Gasteiger partial charge < -0.3 is 15.3 Å². The number of aliphatic hydroxyl groups excluding tert-OH is 1. The number of nitrogens with zero attached hydrogens (tertiary/aromatic N) is 4. The molecule has 6 nitrogen and oxygen atoms in total. The molecule has 0 spiro atoms. The SMILES string of the molecule is CN(Cc1ccc(F)cc1)c1ccc2ncc(Nc3ccc(CCO)cc3)n2n1. The molecule has 4 rings (SSSR count). The molecule has 0 aliphatic carbocycles. The second kappa shape index (κ2) is 8.28. The topological polar surface area (TPSA) is 65.7 Å². The van der Waals surface area contributed by atoms with Crippen molar-refractivity contribution >= 4 is 23.0 Å². The van der Waals surface area contributed by atoms with Gasteiger partial charge in [-0.25, -0.2) is 9.37 Å². The zero-order valence-corrected chi connectivity index (χ0v) is 16.1. The van der Waals surface area contributed by atoms with Crippen LogP contribution in [0, 0.1) is 5.82 Å². The summed E-state index contributed by atoms with van der Waals surface area (Å²) in [6, 6.07) is 18.2. The van der Waals surface area contributed by atoms with Gasteiger partial charge >= 0.3 is 0 Å². The van der Waals surface area contributed by atoms with Crippen molar-refractivity contribution in [3.8, 4) is 0 Å². The van der Waals surface area contributed by atoms with Gasteiger partial charge in [0.15, 0.2) is 11.5 Å². The number of aromatic nitrogens is 3. The third kappa shape index (κ3) is 4.35. The molecule has 0 radical (unpaired) electrons. The minimum atomic E-state index is -0.241. The van der Waals surface area contributed by atoms with Crippen LogP contribution in [0.2, 0.25) is 0 Å². The molecule has 0 aliphatic heterocycles. The average molecular weight is 391 g/mol. The molecule has 7 heteroatoms. The fraction of sp³-hybridized carbons (Fsp3) is 0.182. The largest absolute Gasteiger partial charge is 0.396 e. The van der Waals surface area contributed by atoms with Crippen molar-refractivity contribution in [2.45, 2.75) is 13.0 Å². The maximum atomic E-state index is 13.1. The second-order valence-electron chi connectivity index (χ2n) is 6.88. The zero-order valence-electron chi connectivity index (χ0n) is 16.1. The van der Waals surface area contributed by atoms with Crippen molar-refractivity contribution in [3.63, 3.8) is 0 Å². The molecule has 0 saturated carbocycles. The fourth-order valence-electron chi connectivity index (χ4n) is 3.13. The summed E-state index contributed by atoms with van der Waals surface area (Å²) in [5.74, 6) is 1.29. The molecule has 4 aromatic rings. The lowest BCUT2D eigenvalue weighted by atomic mass is 10.1. The van der Waals surface area contributed by atoms with Crippen LogP contribution < -0.4 is 10.2 Å². The van der Waals surface area contributed by atoms with Crippen molar-refractivity contribution in [2.24, 2.45) is 0 Å². The highest BCUT2D eigenvalue weighted by molar-refractivity contribution is 5.60. The van der Waals surface area contributed by atoms with Crippen LogP contribution >= 0.6 is 0 Å². The van der Waals surface area contributed by atoms with Gasteiger partial charge in [0, 0.05) is 25.9 Å². The molecule has 2 N–H and O–H groups in total. The molecule has 0 bridgehead atoms. The molecule has 148 valence electrons. The summed E-state index contributed by atoms with van der Waals surface area (Å²) in [4.78, 5) is 6.40. The van der Waals surface area contributed by atoms with Gasteiger partial charge in [0.05, 0.1) is 6.20 Å². The summed E-state index contributed by atoms with van der Waals surface area (Å²) in [7, 11) is 1.95. The molecule has 0 atom stereocenters. The minimum Gasteiger partial charge on any atom is -0.396 e. The van der Waals surface area contributed by atoms with Gasteiger partial charge in [-0.2, -0.15) is 4.52 Å². The van der Waals surface area contributed by atoms with E-state index < -0.39 is 0 Å². The number of hydrogen-bond acceptors (Lipinski definition) is 5. The highest BCUT2D eigenvalue weighted by atomic mass is 19.1. The highest BCUT2D eigenvalue weighted by Gasteiger charge is 2.09. The van der Waals surface area contributed by atoms with Crippen LogP contribution in [0.15, 0.2) is 66.9 Å². The van der Waals surface area contributed by atoms with E-state index in [0.717, 1.165) is 34.1 Å². The lowest BCUT2D eigenvalue weighted by molar-refractivity contribution is 0.299. The third-order valence-electron chi connectivity index (χ3n) is 4.70. The molecule has 0 amide bonds. The number of aliphatic hydroxyl groups is 1. The fourth-order valence-corrected chi connectivity index (χ4v) is 3.13. The summed E-state index contributed by atoms with van der Waals surface area (Å²) >= 11 is 0. The van der Waals surface area contributed by atoms with E-state index in [1.807, 2.05) is 48.3 Å². The molecule has 2 aromatic carbocycles. The van der Waals surface area contributed by atoms with Gasteiger partial charge in [-0.05, 0) is 53.9 Å². The van der Waals surface area contributed by atoms with E-state index in [9.17, 15) is 4.39 Å². The molecule has 0 fully saturated rings. The molecule has 0 unspecified atom stereocenters. The van der Waals surface area contributed by atoms with E-state index in [4.69, 9.17) is 10.2 Å². The number of nitrogens with one attached hydrogen (secondary N) is 1. The van der Waals surface area contributed by atoms with Gasteiger partial charge in [0.2, 0.25) is 0 Å². The van der Waals surface area contributed by atoms with E-state index in [-0.39, 0.29) is 12.4 Å². The van der Waals surface area contributed by atoms with Crippen LogP contribution in [0.1, 0.15) is 11.1 Å². The van der Waals surface area contributed by atoms with Crippen LogP contribution in [0.25, 0.3) is 5.65 Å². The second-order valence-corrected chi connectivity index (χ2v) is 6.88. The standard InChI is InChI=1S/C22H22FN5O/c1-27(15-17-2-6-18(23)7-3-17)21-11-10-20-24-14-22(28(20)26-21)25-19-8-4-16(5-9-19)12-13-29/h2-11,14,25,29H,12-13,15H2,1H3. The Morgan fingerprint density at radius 2 is 1.72 bits per heavy atom. The summed E-state index contributed by atoms with van der Waals surface area (Å²) in [6.07, 6.45) is 2.38. The van der Waals surface area contributed by atoms with Gasteiger partial charge in [-0.15, -0.1) is 5.10 Å². The Balaban J connectivity index is 1.54. The quantitative estimate of drug-likeness (QED) is 0.502. The molecule has 29 heavy (non-hydrogen) atoms. The zero-order chi connectivity index (χ0) is 20.2. The first-order valence-corrected chi connectivity index (χ1v) is 9.39. The average Bonchev–Trinajstić information content (AvgIpc) is 3.13. The smallest absolute Gasteiger partial charge is 0.156 e. The summed E-state index contributed by atoms with van der Waals surface area (Å²) in [5.41, 5.74) is 3.74. The Hall–Kier alpha value is -3.45. The lowest BCUT2D eigenvalue weighted by Gasteiger charge is -2.18. The van der Waals surface area contributed by atoms with E-state index >= 15 is 0 Å². The van der Waals surface area contributed by atoms with Crippen molar-refractivity contribution in [1.82, 2.24) is 14.6 Å². The summed E-state index contributed by atoms with van der Waals surface area (Å²) < 4.78 is 14.9. The van der Waals surface area contributed by atoms with Crippen molar-refractivity contribution < 1.29 is 9.50 Å². The van der Waals surface area contributed by atoms with Gasteiger partial charge in [-0.3, -0.25) is 0 Å². The van der Waals surface area contributed by atoms with Crippen LogP contribution in [-0.2, 0) is 13.0 Å². The van der Waals surface area contributed by atoms with E-state index in [0.29, 0.717) is 13.0 Å². The Morgan fingerprint density at radius 1 is 1.00 bits per heavy atom. The van der Waals surface area contributed by atoms with Crippen LogP contribution in [0.4, 0.5) is 21.7 Å². The predicted octanol–water partition coefficient (Wildman–Crippen LogP) is 3.78. The number of halogens is 1. The number of benzene rings is 2. The van der Waals surface area contributed by atoms with Gasteiger partial charge in [0.25, 0.3) is 0 Å². The van der Waals surface area contributed by atoms with Crippen LogP contribution in [-0.4, -0.2) is 33.4 Å². The van der Waals surface area contributed by atoms with Crippen molar-refractivity contribution in [2.75, 3.05) is 23.9 Å². The number of anilines is 3. The minimum absolute atomic E-state index is 0.137. The first-order chi connectivity index (χ1) is 14.1.